The average Bonchev–Trinajstić information content (AvgIpc) is 2.88. The van der Waals surface area contributed by atoms with Gasteiger partial charge in [-0.1, -0.05) is 43.0 Å². The summed E-state index contributed by atoms with van der Waals surface area (Å²) in [5.74, 6) is 0. The third kappa shape index (κ3) is 2.77. The van der Waals surface area contributed by atoms with Crippen LogP contribution in [0.15, 0.2) is 18.2 Å². The standard InChI is InChI=1S/C18H27NO/c1-14-5-6-15-7-8-17(16(15)11-14)19-12-18(13-20)9-3-2-4-10-18/h5-6,11,17,19-20H,2-4,7-10,12-13H2,1H3. The lowest BCUT2D eigenvalue weighted by Crippen LogP contribution is -2.40. The second-order valence-electron chi connectivity index (χ2n) is 6.89. The highest BCUT2D eigenvalue weighted by atomic mass is 16.3. The van der Waals surface area contributed by atoms with Gasteiger partial charge < -0.3 is 10.4 Å². The molecule has 2 heteroatoms. The number of aliphatic hydroxyl groups is 1. The van der Waals surface area contributed by atoms with E-state index in [0.717, 1.165) is 6.54 Å². The minimum Gasteiger partial charge on any atom is -0.396 e. The molecule has 0 amide bonds. The molecule has 110 valence electrons. The zero-order valence-corrected chi connectivity index (χ0v) is 12.6. The summed E-state index contributed by atoms with van der Waals surface area (Å²) in [7, 11) is 0. The van der Waals surface area contributed by atoms with Gasteiger partial charge in [-0.15, -0.1) is 0 Å². The largest absolute Gasteiger partial charge is 0.396 e. The van der Waals surface area contributed by atoms with Gasteiger partial charge in [-0.05, 0) is 43.7 Å². The predicted octanol–water partition coefficient (Wildman–Crippen LogP) is 3.51. The smallest absolute Gasteiger partial charge is 0.0499 e. The van der Waals surface area contributed by atoms with Crippen molar-refractivity contribution in [2.24, 2.45) is 5.41 Å². The zero-order valence-electron chi connectivity index (χ0n) is 12.6. The fourth-order valence-electron chi connectivity index (χ4n) is 3.97. The van der Waals surface area contributed by atoms with E-state index in [0.29, 0.717) is 12.6 Å². The van der Waals surface area contributed by atoms with Gasteiger partial charge in [0.05, 0.1) is 0 Å². The molecule has 0 bridgehead atoms. The summed E-state index contributed by atoms with van der Waals surface area (Å²) >= 11 is 0. The van der Waals surface area contributed by atoms with Crippen LogP contribution in [-0.2, 0) is 6.42 Å². The first-order valence-corrected chi connectivity index (χ1v) is 8.16. The molecule has 20 heavy (non-hydrogen) atoms. The molecular formula is C18H27NO. The summed E-state index contributed by atoms with van der Waals surface area (Å²) in [6.07, 6.45) is 8.67. The Morgan fingerprint density at radius 3 is 2.80 bits per heavy atom. The number of benzene rings is 1. The lowest BCUT2D eigenvalue weighted by Gasteiger charge is -2.36. The molecule has 0 radical (unpaired) electrons. The highest BCUT2D eigenvalue weighted by Crippen LogP contribution is 2.37. The third-order valence-corrected chi connectivity index (χ3v) is 5.35. The molecule has 0 saturated heterocycles. The fourth-order valence-corrected chi connectivity index (χ4v) is 3.97. The summed E-state index contributed by atoms with van der Waals surface area (Å²) < 4.78 is 0. The van der Waals surface area contributed by atoms with Crippen LogP contribution in [0.2, 0.25) is 0 Å². The van der Waals surface area contributed by atoms with Crippen molar-refractivity contribution in [2.45, 2.75) is 57.9 Å². The number of nitrogens with one attached hydrogen (secondary N) is 1. The maximum absolute atomic E-state index is 9.81. The van der Waals surface area contributed by atoms with Gasteiger partial charge in [0.2, 0.25) is 0 Å². The first kappa shape index (κ1) is 14.1. The molecule has 1 saturated carbocycles. The van der Waals surface area contributed by atoms with E-state index in [4.69, 9.17) is 0 Å². The highest BCUT2D eigenvalue weighted by Gasteiger charge is 2.33. The maximum Gasteiger partial charge on any atom is 0.0499 e. The van der Waals surface area contributed by atoms with Crippen molar-refractivity contribution in [1.29, 1.82) is 0 Å². The summed E-state index contributed by atoms with van der Waals surface area (Å²) in [4.78, 5) is 0. The number of aryl methyl sites for hydroxylation is 2. The van der Waals surface area contributed by atoms with E-state index in [2.05, 4.69) is 30.4 Å². The molecular weight excluding hydrogens is 246 g/mol. The summed E-state index contributed by atoms with van der Waals surface area (Å²) in [6, 6.07) is 7.34. The Labute approximate surface area is 122 Å². The number of hydrogen-bond acceptors (Lipinski definition) is 2. The van der Waals surface area contributed by atoms with E-state index < -0.39 is 0 Å². The first-order chi connectivity index (χ1) is 9.72. The van der Waals surface area contributed by atoms with Crippen LogP contribution < -0.4 is 5.32 Å². The maximum atomic E-state index is 9.81. The summed E-state index contributed by atoms with van der Waals surface area (Å²) in [5, 5.41) is 13.6. The molecule has 2 aliphatic carbocycles. The summed E-state index contributed by atoms with van der Waals surface area (Å²) in [6.45, 7) is 3.49. The van der Waals surface area contributed by atoms with Crippen molar-refractivity contribution in [2.75, 3.05) is 13.2 Å². The molecule has 1 unspecified atom stereocenters. The van der Waals surface area contributed by atoms with Crippen LogP contribution in [-0.4, -0.2) is 18.3 Å². The van der Waals surface area contributed by atoms with Gasteiger partial charge >= 0.3 is 0 Å². The average molecular weight is 273 g/mol. The number of aliphatic hydroxyl groups excluding tert-OH is 1. The van der Waals surface area contributed by atoms with Gasteiger partial charge in [0.15, 0.2) is 0 Å². The van der Waals surface area contributed by atoms with Crippen LogP contribution >= 0.6 is 0 Å². The minimum absolute atomic E-state index is 0.144. The first-order valence-electron chi connectivity index (χ1n) is 8.16. The minimum atomic E-state index is 0.144. The molecule has 2 aliphatic rings. The topological polar surface area (TPSA) is 32.3 Å². The van der Waals surface area contributed by atoms with Crippen LogP contribution in [0.3, 0.4) is 0 Å². The van der Waals surface area contributed by atoms with Crippen molar-refractivity contribution in [1.82, 2.24) is 5.32 Å². The van der Waals surface area contributed by atoms with Gasteiger partial charge in [-0.25, -0.2) is 0 Å². The van der Waals surface area contributed by atoms with Gasteiger partial charge in [0.1, 0.15) is 0 Å². The van der Waals surface area contributed by atoms with Gasteiger partial charge in [-0.3, -0.25) is 0 Å². The Kier molecular flexibility index (Phi) is 4.13. The zero-order chi connectivity index (χ0) is 14.0. The Balaban J connectivity index is 1.66. The quantitative estimate of drug-likeness (QED) is 0.880. The van der Waals surface area contributed by atoms with E-state index >= 15 is 0 Å². The predicted molar refractivity (Wildman–Crippen MR) is 82.8 cm³/mol. The fraction of sp³-hybridized carbons (Fsp3) is 0.667. The lowest BCUT2D eigenvalue weighted by molar-refractivity contribution is 0.0783. The molecule has 1 fully saturated rings. The molecule has 1 aromatic carbocycles. The highest BCUT2D eigenvalue weighted by molar-refractivity contribution is 5.37. The van der Waals surface area contributed by atoms with Crippen molar-refractivity contribution in [3.8, 4) is 0 Å². The van der Waals surface area contributed by atoms with Crippen molar-refractivity contribution in [3.63, 3.8) is 0 Å². The monoisotopic (exact) mass is 273 g/mol. The number of hydrogen-bond donors (Lipinski definition) is 2. The third-order valence-electron chi connectivity index (χ3n) is 5.35. The Bertz CT molecular complexity index is 462. The number of fused-ring (bicyclic) bond motifs is 1. The Morgan fingerprint density at radius 2 is 2.05 bits per heavy atom. The normalized spacial score (nSPS) is 24.6. The Hall–Kier alpha value is -0.860. The molecule has 3 rings (SSSR count). The Morgan fingerprint density at radius 1 is 1.25 bits per heavy atom. The van der Waals surface area contributed by atoms with E-state index in [1.807, 2.05) is 0 Å². The van der Waals surface area contributed by atoms with E-state index in [1.165, 1.54) is 61.6 Å². The summed E-state index contributed by atoms with van der Waals surface area (Å²) in [5.41, 5.74) is 4.50. The van der Waals surface area contributed by atoms with Gasteiger partial charge in [0.25, 0.3) is 0 Å². The molecule has 1 atom stereocenters. The second kappa shape index (κ2) is 5.87. The second-order valence-corrected chi connectivity index (χ2v) is 6.89. The van der Waals surface area contributed by atoms with Gasteiger partial charge in [-0.2, -0.15) is 0 Å². The van der Waals surface area contributed by atoms with Crippen LogP contribution in [0, 0.1) is 12.3 Å². The van der Waals surface area contributed by atoms with Crippen LogP contribution in [0.5, 0.6) is 0 Å². The molecule has 1 aromatic rings. The molecule has 2 N–H and O–H groups in total. The molecule has 2 nitrogen and oxygen atoms in total. The number of rotatable bonds is 4. The molecule has 0 spiro atoms. The lowest BCUT2D eigenvalue weighted by atomic mass is 9.74. The van der Waals surface area contributed by atoms with Crippen LogP contribution in [0.1, 0.15) is 61.3 Å². The van der Waals surface area contributed by atoms with E-state index in [1.54, 1.807) is 0 Å². The van der Waals surface area contributed by atoms with Crippen LogP contribution in [0.25, 0.3) is 0 Å². The van der Waals surface area contributed by atoms with E-state index in [-0.39, 0.29) is 5.41 Å². The van der Waals surface area contributed by atoms with Crippen molar-refractivity contribution in [3.05, 3.63) is 34.9 Å². The van der Waals surface area contributed by atoms with E-state index in [9.17, 15) is 5.11 Å². The van der Waals surface area contributed by atoms with Gasteiger partial charge in [0, 0.05) is 24.6 Å². The molecule has 0 aliphatic heterocycles. The SMILES string of the molecule is Cc1ccc2c(c1)C(NCC1(CO)CCCCC1)CC2. The molecule has 0 aromatic heterocycles. The van der Waals surface area contributed by atoms with Crippen LogP contribution in [0.4, 0.5) is 0 Å². The van der Waals surface area contributed by atoms with Crippen molar-refractivity contribution >= 4 is 0 Å². The molecule has 0 heterocycles. The van der Waals surface area contributed by atoms with Crippen molar-refractivity contribution < 1.29 is 5.11 Å².